The Morgan fingerprint density at radius 2 is 2.04 bits per heavy atom. The molecule has 10 heteroatoms. The molecule has 0 radical (unpaired) electrons. The second kappa shape index (κ2) is 8.15. The van der Waals surface area contributed by atoms with Crippen LogP contribution in [0.25, 0.3) is 11.5 Å². The first-order valence-corrected chi connectivity index (χ1v) is 9.70. The van der Waals surface area contributed by atoms with Gasteiger partial charge in [-0.1, -0.05) is 13.8 Å². The number of halogens is 1. The van der Waals surface area contributed by atoms with Gasteiger partial charge >= 0.3 is 0 Å². The van der Waals surface area contributed by atoms with E-state index in [0.717, 1.165) is 38.4 Å². The molecular weight excluding hydrogens is 380 g/mol. The summed E-state index contributed by atoms with van der Waals surface area (Å²) in [6, 6.07) is 5.50. The van der Waals surface area contributed by atoms with Gasteiger partial charge < -0.3 is 14.6 Å². The van der Waals surface area contributed by atoms with E-state index in [0.29, 0.717) is 29.4 Å². The largest absolute Gasteiger partial charge is 0.463 e. The third-order valence-electron chi connectivity index (χ3n) is 4.48. The van der Waals surface area contributed by atoms with Gasteiger partial charge in [-0.3, -0.25) is 10.00 Å². The summed E-state index contributed by atoms with van der Waals surface area (Å²) in [6.45, 7) is 9.27. The number of hydrogen-bond donors (Lipinski definition) is 2. The smallest absolute Gasteiger partial charge is 0.234 e. The minimum Gasteiger partial charge on any atom is -0.463 e. The summed E-state index contributed by atoms with van der Waals surface area (Å²) in [6.07, 6.45) is 1.61. The maximum atomic E-state index is 6.14. The van der Waals surface area contributed by atoms with Crippen LogP contribution >= 0.6 is 11.6 Å². The van der Waals surface area contributed by atoms with Crippen LogP contribution in [0.15, 0.2) is 28.9 Å². The second-order valence-corrected chi connectivity index (χ2v) is 7.52. The highest BCUT2D eigenvalue weighted by molar-refractivity contribution is 6.28. The molecule has 1 saturated heterocycles. The highest BCUT2D eigenvalue weighted by Gasteiger charge is 2.21. The zero-order valence-corrected chi connectivity index (χ0v) is 16.6. The third kappa shape index (κ3) is 4.42. The molecule has 0 bridgehead atoms. The van der Waals surface area contributed by atoms with Crippen molar-refractivity contribution >= 4 is 29.3 Å². The molecular formula is C18H23ClN8O. The molecule has 0 spiro atoms. The van der Waals surface area contributed by atoms with E-state index >= 15 is 0 Å². The van der Waals surface area contributed by atoms with Crippen LogP contribution in [0.4, 0.5) is 17.7 Å². The fourth-order valence-corrected chi connectivity index (χ4v) is 3.40. The Labute approximate surface area is 168 Å². The quantitative estimate of drug-likeness (QED) is 0.649. The van der Waals surface area contributed by atoms with Crippen LogP contribution in [0.2, 0.25) is 5.28 Å². The van der Waals surface area contributed by atoms with E-state index < -0.39 is 0 Å². The van der Waals surface area contributed by atoms with Crippen LogP contribution in [-0.4, -0.2) is 62.8 Å². The number of aromatic nitrogens is 5. The van der Waals surface area contributed by atoms with Crippen LogP contribution < -0.4 is 10.2 Å². The molecule has 0 aliphatic carbocycles. The van der Waals surface area contributed by atoms with E-state index in [1.165, 1.54) is 0 Å². The zero-order chi connectivity index (χ0) is 19.5. The molecule has 3 aromatic rings. The molecule has 0 atom stereocenters. The standard InChI is InChI=1S/C18H23ClN8O/c1-12(2)11-26-5-7-27(8-6-26)18-22-16(19)21-17(23-18)20-15-10-13(24-25-15)14-4-3-9-28-14/h3-4,9-10,12H,5-8,11H2,1-2H3,(H2,20,21,22,23,24,25). The molecule has 4 rings (SSSR count). The van der Waals surface area contributed by atoms with Crippen molar-refractivity contribution in [2.75, 3.05) is 42.9 Å². The van der Waals surface area contributed by atoms with E-state index in [4.69, 9.17) is 16.0 Å². The van der Waals surface area contributed by atoms with Crippen molar-refractivity contribution in [3.8, 4) is 11.5 Å². The average molecular weight is 403 g/mol. The Hall–Kier alpha value is -2.65. The van der Waals surface area contributed by atoms with Gasteiger partial charge in [0.1, 0.15) is 5.69 Å². The molecule has 0 saturated carbocycles. The van der Waals surface area contributed by atoms with Gasteiger partial charge in [0.25, 0.3) is 0 Å². The van der Waals surface area contributed by atoms with E-state index in [-0.39, 0.29) is 5.28 Å². The minimum atomic E-state index is 0.152. The number of nitrogens with one attached hydrogen (secondary N) is 2. The Kier molecular flexibility index (Phi) is 5.45. The number of furan rings is 1. The average Bonchev–Trinajstić information content (AvgIpc) is 3.33. The van der Waals surface area contributed by atoms with Crippen LogP contribution in [0, 0.1) is 5.92 Å². The van der Waals surface area contributed by atoms with Gasteiger partial charge in [0, 0.05) is 38.8 Å². The summed E-state index contributed by atoms with van der Waals surface area (Å²) in [5, 5.41) is 10.4. The van der Waals surface area contributed by atoms with Gasteiger partial charge in [0.15, 0.2) is 11.6 Å². The molecule has 3 aromatic heterocycles. The van der Waals surface area contributed by atoms with E-state index in [9.17, 15) is 0 Å². The predicted molar refractivity (Wildman–Crippen MR) is 108 cm³/mol. The number of piperazine rings is 1. The maximum absolute atomic E-state index is 6.14. The molecule has 1 fully saturated rings. The Balaban J connectivity index is 1.44. The molecule has 0 unspecified atom stereocenters. The number of nitrogens with zero attached hydrogens (tertiary/aromatic N) is 6. The summed E-state index contributed by atoms with van der Waals surface area (Å²) < 4.78 is 5.36. The fraction of sp³-hybridized carbons (Fsp3) is 0.444. The van der Waals surface area contributed by atoms with Crippen molar-refractivity contribution in [1.29, 1.82) is 0 Å². The van der Waals surface area contributed by atoms with Gasteiger partial charge in [-0.05, 0) is 29.7 Å². The summed E-state index contributed by atoms with van der Waals surface area (Å²) in [7, 11) is 0. The number of H-pyrrole nitrogens is 1. The predicted octanol–water partition coefficient (Wildman–Crippen LogP) is 3.03. The monoisotopic (exact) mass is 402 g/mol. The highest BCUT2D eigenvalue weighted by Crippen LogP contribution is 2.22. The zero-order valence-electron chi connectivity index (χ0n) is 15.9. The third-order valence-corrected chi connectivity index (χ3v) is 4.65. The first kappa shape index (κ1) is 18.7. The van der Waals surface area contributed by atoms with Crippen LogP contribution in [-0.2, 0) is 0 Å². The molecule has 28 heavy (non-hydrogen) atoms. The van der Waals surface area contributed by atoms with Gasteiger partial charge in [0.05, 0.1) is 6.26 Å². The Morgan fingerprint density at radius 1 is 1.21 bits per heavy atom. The van der Waals surface area contributed by atoms with Crippen LogP contribution in [0.3, 0.4) is 0 Å². The molecule has 4 heterocycles. The van der Waals surface area contributed by atoms with E-state index in [1.54, 1.807) is 6.26 Å². The lowest BCUT2D eigenvalue weighted by atomic mass is 10.2. The van der Waals surface area contributed by atoms with Gasteiger partial charge in [-0.15, -0.1) is 0 Å². The number of hydrogen-bond acceptors (Lipinski definition) is 8. The lowest BCUT2D eigenvalue weighted by molar-refractivity contribution is 0.230. The van der Waals surface area contributed by atoms with Crippen molar-refractivity contribution in [1.82, 2.24) is 30.0 Å². The van der Waals surface area contributed by atoms with Crippen molar-refractivity contribution in [2.24, 2.45) is 5.92 Å². The molecule has 1 aliphatic heterocycles. The number of anilines is 3. The van der Waals surface area contributed by atoms with Crippen molar-refractivity contribution in [3.05, 3.63) is 29.7 Å². The van der Waals surface area contributed by atoms with E-state index in [2.05, 4.69) is 54.1 Å². The maximum Gasteiger partial charge on any atom is 0.234 e. The summed E-state index contributed by atoms with van der Waals surface area (Å²) in [5.41, 5.74) is 0.758. The molecule has 148 valence electrons. The first-order valence-electron chi connectivity index (χ1n) is 9.32. The van der Waals surface area contributed by atoms with Crippen molar-refractivity contribution < 1.29 is 4.42 Å². The summed E-state index contributed by atoms with van der Waals surface area (Å²) >= 11 is 6.14. The van der Waals surface area contributed by atoms with Crippen LogP contribution in [0.5, 0.6) is 0 Å². The fourth-order valence-electron chi connectivity index (χ4n) is 3.24. The number of aromatic amines is 1. The molecule has 0 aromatic carbocycles. The van der Waals surface area contributed by atoms with E-state index in [1.807, 2.05) is 18.2 Å². The van der Waals surface area contributed by atoms with Gasteiger partial charge in [-0.2, -0.15) is 20.1 Å². The van der Waals surface area contributed by atoms with Crippen LogP contribution in [0.1, 0.15) is 13.8 Å². The lowest BCUT2D eigenvalue weighted by Gasteiger charge is -2.35. The lowest BCUT2D eigenvalue weighted by Crippen LogP contribution is -2.48. The van der Waals surface area contributed by atoms with Crippen molar-refractivity contribution in [2.45, 2.75) is 13.8 Å². The Morgan fingerprint density at radius 3 is 2.75 bits per heavy atom. The SMILES string of the molecule is CC(C)CN1CCN(c2nc(Cl)nc(Nc3cc(-c4ccco4)[nH]n3)n2)CC1. The first-order chi connectivity index (χ1) is 13.6. The van der Waals surface area contributed by atoms with Crippen molar-refractivity contribution in [3.63, 3.8) is 0 Å². The Bertz CT molecular complexity index is 902. The van der Waals surface area contributed by atoms with Gasteiger partial charge in [-0.25, -0.2) is 0 Å². The highest BCUT2D eigenvalue weighted by atomic mass is 35.5. The summed E-state index contributed by atoms with van der Waals surface area (Å²) in [5.74, 6) is 2.87. The summed E-state index contributed by atoms with van der Waals surface area (Å²) in [4.78, 5) is 17.6. The molecule has 0 amide bonds. The molecule has 1 aliphatic rings. The van der Waals surface area contributed by atoms with Gasteiger partial charge in [0.2, 0.25) is 17.2 Å². The topological polar surface area (TPSA) is 99.0 Å². The minimum absolute atomic E-state index is 0.152. The second-order valence-electron chi connectivity index (χ2n) is 7.18. The normalized spacial score (nSPS) is 15.4. The molecule has 2 N–H and O–H groups in total. The number of rotatable bonds is 6. The molecule has 9 nitrogen and oxygen atoms in total.